The first kappa shape index (κ1) is 15.8. The fraction of sp³-hybridized carbons (Fsp3) is 0.316. The highest BCUT2D eigenvalue weighted by atomic mass is 32.2. The molecule has 0 unspecified atom stereocenters. The minimum atomic E-state index is -0.165. The number of benzene rings is 1. The van der Waals surface area contributed by atoms with Crippen LogP contribution in [0, 0.1) is 6.92 Å². The van der Waals surface area contributed by atoms with Crippen molar-refractivity contribution in [3.63, 3.8) is 0 Å². The molecule has 3 aromatic rings. The standard InChI is InChI=1S/C19H18N2OS2/c1-11(17(22)13-7-4-3-5-8-13)23-18-16-14-9-6-10-15(14)24-19(16)21-12(2)20-18/h3-5,7-8,11H,6,9-10H2,1-2H3/t11-/m1/s1. The molecule has 0 saturated heterocycles. The molecule has 1 atom stereocenters. The maximum Gasteiger partial charge on any atom is 0.175 e. The van der Waals surface area contributed by atoms with E-state index in [1.165, 1.54) is 22.2 Å². The average molecular weight is 355 g/mol. The van der Waals surface area contributed by atoms with Crippen LogP contribution in [0.15, 0.2) is 35.4 Å². The van der Waals surface area contributed by atoms with Gasteiger partial charge in [-0.2, -0.15) is 0 Å². The van der Waals surface area contributed by atoms with Gasteiger partial charge >= 0.3 is 0 Å². The molecule has 0 radical (unpaired) electrons. The van der Waals surface area contributed by atoms with E-state index >= 15 is 0 Å². The summed E-state index contributed by atoms with van der Waals surface area (Å²) < 4.78 is 0. The van der Waals surface area contributed by atoms with Gasteiger partial charge in [-0.05, 0) is 38.7 Å². The molecule has 3 nitrogen and oxygen atoms in total. The zero-order valence-corrected chi connectivity index (χ0v) is 15.3. The summed E-state index contributed by atoms with van der Waals surface area (Å²) in [5, 5.41) is 1.99. The number of hydrogen-bond acceptors (Lipinski definition) is 5. The van der Waals surface area contributed by atoms with Gasteiger partial charge in [-0.1, -0.05) is 42.1 Å². The van der Waals surface area contributed by atoms with Crippen LogP contribution >= 0.6 is 23.1 Å². The van der Waals surface area contributed by atoms with Gasteiger partial charge < -0.3 is 0 Å². The third-order valence-corrected chi connectivity index (χ3v) is 6.63. The maximum absolute atomic E-state index is 12.7. The molecule has 2 heterocycles. The number of thioether (sulfide) groups is 1. The van der Waals surface area contributed by atoms with Crippen molar-refractivity contribution < 1.29 is 4.79 Å². The fourth-order valence-corrected chi connectivity index (χ4v) is 5.68. The Balaban J connectivity index is 1.70. The van der Waals surface area contributed by atoms with E-state index in [2.05, 4.69) is 9.97 Å². The first-order valence-corrected chi connectivity index (χ1v) is 9.88. The Kier molecular flexibility index (Phi) is 4.14. The number of aromatic nitrogens is 2. The van der Waals surface area contributed by atoms with E-state index in [-0.39, 0.29) is 11.0 Å². The fourth-order valence-electron chi connectivity index (χ4n) is 3.21. The van der Waals surface area contributed by atoms with Crippen LogP contribution in [0.1, 0.15) is 40.0 Å². The van der Waals surface area contributed by atoms with Crippen molar-refractivity contribution in [2.75, 3.05) is 0 Å². The highest BCUT2D eigenvalue weighted by Gasteiger charge is 2.24. The Morgan fingerprint density at radius 1 is 1.21 bits per heavy atom. The third kappa shape index (κ3) is 2.76. The number of fused-ring (bicyclic) bond motifs is 3. The van der Waals surface area contributed by atoms with Crippen molar-refractivity contribution in [2.24, 2.45) is 0 Å². The van der Waals surface area contributed by atoms with Gasteiger partial charge in [0.2, 0.25) is 0 Å². The van der Waals surface area contributed by atoms with Crippen molar-refractivity contribution in [2.45, 2.75) is 43.4 Å². The smallest absolute Gasteiger partial charge is 0.175 e. The Bertz CT molecular complexity index is 918. The molecule has 1 aliphatic rings. The number of carbonyl (C=O) groups is 1. The second kappa shape index (κ2) is 6.30. The van der Waals surface area contributed by atoms with Crippen LogP contribution < -0.4 is 0 Å². The van der Waals surface area contributed by atoms with E-state index in [1.807, 2.05) is 44.2 Å². The van der Waals surface area contributed by atoms with E-state index in [9.17, 15) is 4.79 Å². The summed E-state index contributed by atoms with van der Waals surface area (Å²) in [4.78, 5) is 24.5. The Morgan fingerprint density at radius 2 is 2.00 bits per heavy atom. The Hall–Kier alpha value is -1.72. The number of ketones is 1. The molecule has 0 aliphatic heterocycles. The van der Waals surface area contributed by atoms with Crippen LogP contribution in [-0.4, -0.2) is 21.0 Å². The molecule has 0 spiro atoms. The topological polar surface area (TPSA) is 42.9 Å². The molecule has 0 bridgehead atoms. The van der Waals surface area contributed by atoms with Gasteiger partial charge in [-0.15, -0.1) is 11.3 Å². The summed E-state index contributed by atoms with van der Waals surface area (Å²) in [5.41, 5.74) is 2.17. The van der Waals surface area contributed by atoms with Gasteiger partial charge in [-0.25, -0.2) is 9.97 Å². The number of Topliss-reactive ketones (excluding diaryl/α,β-unsaturated/α-hetero) is 1. The Labute approximate surface area is 149 Å². The lowest BCUT2D eigenvalue weighted by molar-refractivity contribution is 0.0994. The monoisotopic (exact) mass is 354 g/mol. The minimum absolute atomic E-state index is 0.150. The number of carbonyl (C=O) groups excluding carboxylic acids is 1. The number of nitrogens with zero attached hydrogens (tertiary/aromatic N) is 2. The highest BCUT2D eigenvalue weighted by Crippen LogP contribution is 2.41. The number of thiophene rings is 1. The predicted molar refractivity (Wildman–Crippen MR) is 100 cm³/mol. The van der Waals surface area contributed by atoms with Gasteiger partial charge in [0.25, 0.3) is 0 Å². The first-order valence-electron chi connectivity index (χ1n) is 8.18. The Morgan fingerprint density at radius 3 is 2.79 bits per heavy atom. The predicted octanol–water partition coefficient (Wildman–Crippen LogP) is 4.85. The van der Waals surface area contributed by atoms with Crippen LogP contribution in [0.2, 0.25) is 0 Å². The van der Waals surface area contributed by atoms with Gasteiger partial charge in [0, 0.05) is 15.8 Å². The summed E-state index contributed by atoms with van der Waals surface area (Å²) in [6, 6.07) is 9.50. The first-order chi connectivity index (χ1) is 11.6. The third-order valence-electron chi connectivity index (χ3n) is 4.36. The molecule has 1 aliphatic carbocycles. The van der Waals surface area contributed by atoms with Crippen molar-refractivity contribution in [1.29, 1.82) is 0 Å². The van der Waals surface area contributed by atoms with Crippen molar-refractivity contribution in [1.82, 2.24) is 9.97 Å². The minimum Gasteiger partial charge on any atom is -0.293 e. The van der Waals surface area contributed by atoms with Crippen LogP contribution in [0.4, 0.5) is 0 Å². The molecule has 0 amide bonds. The van der Waals surface area contributed by atoms with E-state index < -0.39 is 0 Å². The molecule has 1 aromatic carbocycles. The van der Waals surface area contributed by atoms with Crippen LogP contribution in [0.3, 0.4) is 0 Å². The quantitative estimate of drug-likeness (QED) is 0.381. The van der Waals surface area contributed by atoms with Crippen molar-refractivity contribution in [3.05, 3.63) is 52.2 Å². The van der Waals surface area contributed by atoms with E-state index in [4.69, 9.17) is 0 Å². The van der Waals surface area contributed by atoms with Gasteiger partial charge in [-0.3, -0.25) is 4.79 Å². The second-order valence-corrected chi connectivity index (χ2v) is 8.52. The maximum atomic E-state index is 12.7. The molecular formula is C19H18N2OS2. The second-order valence-electron chi connectivity index (χ2n) is 6.10. The van der Waals surface area contributed by atoms with E-state index in [0.29, 0.717) is 0 Å². The SMILES string of the molecule is Cc1nc(S[C@H](C)C(=O)c2ccccc2)c2c3c(sc2n1)CCC3. The van der Waals surface area contributed by atoms with Crippen LogP contribution in [0.5, 0.6) is 0 Å². The number of rotatable bonds is 4. The zero-order valence-electron chi connectivity index (χ0n) is 13.7. The summed E-state index contributed by atoms with van der Waals surface area (Å²) in [7, 11) is 0. The molecule has 0 N–H and O–H groups in total. The van der Waals surface area contributed by atoms with E-state index in [0.717, 1.165) is 34.1 Å². The molecule has 5 heteroatoms. The summed E-state index contributed by atoms with van der Waals surface area (Å²) in [5.74, 6) is 0.932. The lowest BCUT2D eigenvalue weighted by atomic mass is 10.1. The zero-order chi connectivity index (χ0) is 16.7. The van der Waals surface area contributed by atoms with Gasteiger partial charge in [0.05, 0.1) is 5.25 Å². The lowest BCUT2D eigenvalue weighted by Crippen LogP contribution is -2.13. The van der Waals surface area contributed by atoms with E-state index in [1.54, 1.807) is 23.1 Å². The molecular weight excluding hydrogens is 336 g/mol. The summed E-state index contributed by atoms with van der Waals surface area (Å²) in [6.07, 6.45) is 3.47. The van der Waals surface area contributed by atoms with Crippen LogP contribution in [-0.2, 0) is 12.8 Å². The molecule has 24 heavy (non-hydrogen) atoms. The normalized spacial score (nSPS) is 14.8. The largest absolute Gasteiger partial charge is 0.293 e. The van der Waals surface area contributed by atoms with Gasteiger partial charge in [0.15, 0.2) is 5.78 Å². The van der Waals surface area contributed by atoms with Crippen molar-refractivity contribution in [3.8, 4) is 0 Å². The van der Waals surface area contributed by atoms with Gasteiger partial charge in [0.1, 0.15) is 15.7 Å². The van der Waals surface area contributed by atoms with Crippen molar-refractivity contribution >= 4 is 39.1 Å². The van der Waals surface area contributed by atoms with Crippen LogP contribution in [0.25, 0.3) is 10.2 Å². The molecule has 122 valence electrons. The lowest BCUT2D eigenvalue weighted by Gasteiger charge is -2.11. The molecule has 4 rings (SSSR count). The summed E-state index contributed by atoms with van der Waals surface area (Å²) in [6.45, 7) is 3.90. The molecule has 2 aromatic heterocycles. The molecule has 0 saturated carbocycles. The number of aryl methyl sites for hydroxylation is 3. The summed E-state index contributed by atoms with van der Waals surface area (Å²) >= 11 is 3.36. The average Bonchev–Trinajstić information content (AvgIpc) is 3.15. The molecule has 0 fully saturated rings. The number of hydrogen-bond donors (Lipinski definition) is 0. The highest BCUT2D eigenvalue weighted by molar-refractivity contribution is 8.00.